The van der Waals surface area contributed by atoms with Gasteiger partial charge in [-0.15, -0.1) is 0 Å². The minimum atomic E-state index is -0.849. The lowest BCUT2D eigenvalue weighted by atomic mass is 9.93. The third-order valence-corrected chi connectivity index (χ3v) is 6.03. The largest absolute Gasteiger partial charge is 0.507 e. The van der Waals surface area contributed by atoms with Crippen molar-refractivity contribution >= 4 is 17.4 Å². The first-order valence-electron chi connectivity index (χ1n) is 11.9. The Labute approximate surface area is 212 Å². The number of methoxy groups -OCH3 is 3. The first-order chi connectivity index (χ1) is 17.1. The van der Waals surface area contributed by atoms with Crippen molar-refractivity contribution in [3.05, 3.63) is 58.2 Å². The van der Waals surface area contributed by atoms with Crippen molar-refractivity contribution in [1.29, 1.82) is 0 Å². The summed E-state index contributed by atoms with van der Waals surface area (Å²) in [5.41, 5.74) is 2.63. The van der Waals surface area contributed by atoms with Gasteiger partial charge in [-0.2, -0.15) is 0 Å². The molecule has 1 heterocycles. The fourth-order valence-electron chi connectivity index (χ4n) is 4.43. The van der Waals surface area contributed by atoms with E-state index in [1.165, 1.54) is 19.1 Å². The molecule has 0 aromatic heterocycles. The summed E-state index contributed by atoms with van der Waals surface area (Å²) < 4.78 is 22.2. The van der Waals surface area contributed by atoms with Crippen LogP contribution in [0.15, 0.2) is 35.9 Å². The molecule has 36 heavy (non-hydrogen) atoms. The highest BCUT2D eigenvalue weighted by Crippen LogP contribution is 2.43. The van der Waals surface area contributed by atoms with Crippen molar-refractivity contribution in [2.45, 2.75) is 33.7 Å². The van der Waals surface area contributed by atoms with Gasteiger partial charge in [0.05, 0.1) is 44.6 Å². The Morgan fingerprint density at radius 1 is 1.03 bits per heavy atom. The molecule has 2 aromatic rings. The van der Waals surface area contributed by atoms with E-state index >= 15 is 0 Å². The number of aryl methyl sites for hydroxylation is 2. The molecule has 0 spiro atoms. The van der Waals surface area contributed by atoms with Crippen molar-refractivity contribution in [3.8, 4) is 17.2 Å². The van der Waals surface area contributed by atoms with Gasteiger partial charge >= 0.3 is 0 Å². The Bertz CT molecular complexity index is 1170. The molecule has 0 aliphatic carbocycles. The summed E-state index contributed by atoms with van der Waals surface area (Å²) in [6.45, 7) is 8.67. The molecule has 1 unspecified atom stereocenters. The van der Waals surface area contributed by atoms with Gasteiger partial charge in [0.2, 0.25) is 0 Å². The minimum Gasteiger partial charge on any atom is -0.507 e. The zero-order valence-corrected chi connectivity index (χ0v) is 22.0. The normalized spacial score (nSPS) is 17.1. The Morgan fingerprint density at radius 3 is 2.36 bits per heavy atom. The highest BCUT2D eigenvalue weighted by molar-refractivity contribution is 6.46. The number of Topliss-reactive ketones (excluding diaryl/α,β-unsaturated/α-hetero) is 1. The van der Waals surface area contributed by atoms with Crippen molar-refractivity contribution in [2.24, 2.45) is 5.92 Å². The number of hydrogen-bond acceptors (Lipinski definition) is 7. The van der Waals surface area contributed by atoms with Gasteiger partial charge in [0.1, 0.15) is 11.5 Å². The molecule has 8 nitrogen and oxygen atoms in total. The number of benzene rings is 2. The highest BCUT2D eigenvalue weighted by Gasteiger charge is 2.46. The van der Waals surface area contributed by atoms with E-state index in [-0.39, 0.29) is 30.4 Å². The lowest BCUT2D eigenvalue weighted by Crippen LogP contribution is -2.32. The van der Waals surface area contributed by atoms with Crippen LogP contribution in [0.25, 0.3) is 5.76 Å². The van der Waals surface area contributed by atoms with Crippen LogP contribution in [0.2, 0.25) is 0 Å². The fraction of sp³-hybridized carbons (Fsp3) is 0.429. The average Bonchev–Trinajstić information content (AvgIpc) is 3.09. The molecule has 1 fully saturated rings. The number of hydrogen-bond donors (Lipinski definition) is 1. The second kappa shape index (κ2) is 11.5. The number of ketones is 1. The zero-order chi connectivity index (χ0) is 26.6. The van der Waals surface area contributed by atoms with E-state index in [2.05, 4.69) is 0 Å². The Kier molecular flexibility index (Phi) is 8.63. The molecule has 0 saturated carbocycles. The Morgan fingerprint density at radius 2 is 1.75 bits per heavy atom. The van der Waals surface area contributed by atoms with Crippen LogP contribution in [0.4, 0.5) is 0 Å². The number of carbonyl (C=O) groups excluding carboxylic acids is 2. The number of ether oxygens (including phenoxy) is 4. The van der Waals surface area contributed by atoms with Gasteiger partial charge in [-0.05, 0) is 54.7 Å². The lowest BCUT2D eigenvalue weighted by molar-refractivity contribution is -0.140. The van der Waals surface area contributed by atoms with Gasteiger partial charge in [0, 0.05) is 13.7 Å². The molecular weight excluding hydrogens is 462 g/mol. The molecule has 1 aliphatic heterocycles. The molecule has 8 heteroatoms. The Hall–Kier alpha value is -3.52. The maximum atomic E-state index is 13.3. The molecular formula is C28H35NO7. The lowest BCUT2D eigenvalue weighted by Gasteiger charge is -2.26. The summed E-state index contributed by atoms with van der Waals surface area (Å²) in [5.74, 6) is -0.0207. The van der Waals surface area contributed by atoms with E-state index in [9.17, 15) is 14.7 Å². The molecule has 2 aromatic carbocycles. The molecule has 0 radical (unpaired) electrons. The molecule has 194 valence electrons. The van der Waals surface area contributed by atoms with Crippen LogP contribution < -0.4 is 14.2 Å². The fourth-order valence-corrected chi connectivity index (χ4v) is 4.43. The van der Waals surface area contributed by atoms with Crippen molar-refractivity contribution in [2.75, 3.05) is 41.1 Å². The molecule has 1 atom stereocenters. The van der Waals surface area contributed by atoms with Gasteiger partial charge < -0.3 is 29.0 Å². The molecule has 1 saturated heterocycles. The van der Waals surface area contributed by atoms with E-state index in [4.69, 9.17) is 18.9 Å². The van der Waals surface area contributed by atoms with Crippen molar-refractivity contribution < 1.29 is 33.6 Å². The second-order valence-electron chi connectivity index (χ2n) is 9.26. The SMILES string of the molecule is COCCN1C(=O)C(=O)/C(=C(/O)c2cc(C)cc(C)c2OC)C1c1ccc(OC)c(OCC(C)C)c1. The average molecular weight is 498 g/mol. The number of nitrogens with zero attached hydrogens (tertiary/aromatic N) is 1. The number of aliphatic hydroxyl groups excluding tert-OH is 1. The number of aliphatic hydroxyl groups is 1. The van der Waals surface area contributed by atoms with Crippen molar-refractivity contribution in [3.63, 3.8) is 0 Å². The molecule has 1 aliphatic rings. The summed E-state index contributed by atoms with van der Waals surface area (Å²) >= 11 is 0. The van der Waals surface area contributed by atoms with Gasteiger partial charge in [0.15, 0.2) is 11.5 Å². The van der Waals surface area contributed by atoms with E-state index in [0.717, 1.165) is 11.1 Å². The van der Waals surface area contributed by atoms with E-state index in [0.29, 0.717) is 35.0 Å². The molecule has 0 bridgehead atoms. The zero-order valence-electron chi connectivity index (χ0n) is 22.0. The van der Waals surface area contributed by atoms with Crippen LogP contribution in [0.3, 0.4) is 0 Å². The van der Waals surface area contributed by atoms with E-state index in [1.54, 1.807) is 31.4 Å². The predicted octanol–water partition coefficient (Wildman–Crippen LogP) is 4.42. The Balaban J connectivity index is 2.25. The van der Waals surface area contributed by atoms with Crippen LogP contribution in [0, 0.1) is 19.8 Å². The van der Waals surface area contributed by atoms with E-state index in [1.807, 2.05) is 33.8 Å². The van der Waals surface area contributed by atoms with Crippen molar-refractivity contribution in [1.82, 2.24) is 4.90 Å². The van der Waals surface area contributed by atoms with Crippen LogP contribution in [-0.2, 0) is 14.3 Å². The first-order valence-corrected chi connectivity index (χ1v) is 11.9. The van der Waals surface area contributed by atoms with E-state index < -0.39 is 17.7 Å². The quantitative estimate of drug-likeness (QED) is 0.295. The summed E-state index contributed by atoms with van der Waals surface area (Å²) in [6, 6.07) is 8.07. The number of rotatable bonds is 10. The summed E-state index contributed by atoms with van der Waals surface area (Å²) in [5, 5.41) is 11.5. The summed E-state index contributed by atoms with van der Waals surface area (Å²) in [4.78, 5) is 27.9. The smallest absolute Gasteiger partial charge is 0.295 e. The molecule has 1 N–H and O–H groups in total. The predicted molar refractivity (Wildman–Crippen MR) is 137 cm³/mol. The summed E-state index contributed by atoms with van der Waals surface area (Å²) in [6.07, 6.45) is 0. The number of likely N-dealkylation sites (tertiary alicyclic amines) is 1. The highest BCUT2D eigenvalue weighted by atomic mass is 16.5. The molecule has 3 rings (SSSR count). The minimum absolute atomic E-state index is 0.0145. The summed E-state index contributed by atoms with van der Waals surface area (Å²) in [7, 11) is 4.58. The topological polar surface area (TPSA) is 94.5 Å². The maximum Gasteiger partial charge on any atom is 0.295 e. The van der Waals surface area contributed by atoms with Gasteiger partial charge in [0.25, 0.3) is 11.7 Å². The second-order valence-corrected chi connectivity index (χ2v) is 9.26. The number of amides is 1. The van der Waals surface area contributed by atoms with Gasteiger partial charge in [-0.1, -0.05) is 26.0 Å². The standard InChI is InChI=1S/C28H35NO7/c1-16(2)15-36-22-14-19(8-9-21(22)34-6)24-23(26(31)28(32)29(24)10-11-33-5)25(30)20-13-17(3)12-18(4)27(20)35-7/h8-9,12-14,16,24,30H,10-11,15H2,1-7H3/b25-23+. The maximum absolute atomic E-state index is 13.3. The molecule has 1 amide bonds. The van der Waals surface area contributed by atoms with Crippen LogP contribution in [0.1, 0.15) is 42.1 Å². The number of carbonyl (C=O) groups is 2. The third kappa shape index (κ3) is 5.33. The monoisotopic (exact) mass is 497 g/mol. The first kappa shape index (κ1) is 27.1. The third-order valence-electron chi connectivity index (χ3n) is 6.03. The van der Waals surface area contributed by atoms with Gasteiger partial charge in [-0.3, -0.25) is 9.59 Å². The van der Waals surface area contributed by atoms with Gasteiger partial charge in [-0.25, -0.2) is 0 Å². The van der Waals surface area contributed by atoms with Crippen LogP contribution in [0.5, 0.6) is 17.2 Å². The van der Waals surface area contributed by atoms with Crippen LogP contribution in [-0.4, -0.2) is 62.8 Å². The van der Waals surface area contributed by atoms with Crippen LogP contribution >= 0.6 is 0 Å².